The Balaban J connectivity index is 1.39. The van der Waals surface area contributed by atoms with Crippen LogP contribution in [-0.2, 0) is 9.53 Å². The maximum absolute atomic E-state index is 12.6. The van der Waals surface area contributed by atoms with Crippen molar-refractivity contribution in [1.82, 2.24) is 9.55 Å². The molecule has 1 aromatic heterocycles. The highest BCUT2D eigenvalue weighted by atomic mass is 32.2. The lowest BCUT2D eigenvalue weighted by Gasteiger charge is -2.29. The number of anilines is 2. The normalized spacial score (nSPS) is 14.0. The van der Waals surface area contributed by atoms with Crippen LogP contribution in [0.5, 0.6) is 0 Å². The van der Waals surface area contributed by atoms with Gasteiger partial charge < -0.3 is 15.0 Å². The quantitative estimate of drug-likeness (QED) is 0.582. The average molecular weight is 437 g/mol. The molecule has 1 fully saturated rings. The van der Waals surface area contributed by atoms with Gasteiger partial charge in [-0.3, -0.25) is 9.36 Å². The first-order chi connectivity index (χ1) is 15.0. The molecule has 1 aliphatic rings. The minimum absolute atomic E-state index is 0.0391. The Morgan fingerprint density at radius 1 is 1.10 bits per heavy atom. The van der Waals surface area contributed by atoms with Crippen molar-refractivity contribution >= 4 is 29.0 Å². The zero-order valence-electron chi connectivity index (χ0n) is 18.2. The highest BCUT2D eigenvalue weighted by Gasteiger charge is 2.14. The van der Waals surface area contributed by atoms with Crippen LogP contribution in [0.15, 0.2) is 53.9 Å². The van der Waals surface area contributed by atoms with E-state index < -0.39 is 0 Å². The van der Waals surface area contributed by atoms with Crippen LogP contribution in [0.4, 0.5) is 11.4 Å². The number of imidazole rings is 1. The van der Waals surface area contributed by atoms with Crippen molar-refractivity contribution in [2.24, 2.45) is 0 Å². The smallest absolute Gasteiger partial charge is 0.234 e. The van der Waals surface area contributed by atoms with Gasteiger partial charge in [0, 0.05) is 36.9 Å². The topological polar surface area (TPSA) is 59.4 Å². The lowest BCUT2D eigenvalue weighted by Crippen LogP contribution is -2.36. The molecule has 1 saturated heterocycles. The Morgan fingerprint density at radius 3 is 2.68 bits per heavy atom. The van der Waals surface area contributed by atoms with Gasteiger partial charge in [0.1, 0.15) is 0 Å². The lowest BCUT2D eigenvalue weighted by molar-refractivity contribution is -0.113. The fourth-order valence-corrected chi connectivity index (χ4v) is 4.45. The van der Waals surface area contributed by atoms with Gasteiger partial charge in [-0.05, 0) is 61.7 Å². The first-order valence-corrected chi connectivity index (χ1v) is 11.5. The highest BCUT2D eigenvalue weighted by Crippen LogP contribution is 2.26. The van der Waals surface area contributed by atoms with Crippen molar-refractivity contribution in [2.75, 3.05) is 42.3 Å². The van der Waals surface area contributed by atoms with Crippen molar-refractivity contribution in [1.29, 1.82) is 0 Å². The standard InChI is InChI=1S/C24H28N4O2S/c1-17-4-5-18(2)22(14-17)28-9-8-25-24(28)31-16-23(29)26-21-7-6-20(15-19(21)3)27-10-12-30-13-11-27/h4-9,14-15H,10-13,16H2,1-3H3,(H,26,29). The number of nitrogens with zero attached hydrogens (tertiary/aromatic N) is 3. The van der Waals surface area contributed by atoms with Crippen LogP contribution in [0.2, 0.25) is 0 Å². The number of aromatic nitrogens is 2. The van der Waals surface area contributed by atoms with E-state index in [4.69, 9.17) is 4.74 Å². The second-order valence-electron chi connectivity index (χ2n) is 7.81. The number of rotatable bonds is 6. The number of hydrogen-bond donors (Lipinski definition) is 1. The summed E-state index contributed by atoms with van der Waals surface area (Å²) in [5.41, 5.74) is 6.53. The molecule has 162 valence electrons. The van der Waals surface area contributed by atoms with Gasteiger partial charge in [-0.1, -0.05) is 23.9 Å². The van der Waals surface area contributed by atoms with E-state index in [-0.39, 0.29) is 5.91 Å². The number of nitrogens with one attached hydrogen (secondary N) is 1. The molecule has 31 heavy (non-hydrogen) atoms. The number of benzene rings is 2. The lowest BCUT2D eigenvalue weighted by atomic mass is 10.1. The van der Waals surface area contributed by atoms with Crippen molar-refractivity contribution in [3.8, 4) is 5.69 Å². The molecule has 4 rings (SSSR count). The predicted octanol–water partition coefficient (Wildman–Crippen LogP) is 4.36. The highest BCUT2D eigenvalue weighted by molar-refractivity contribution is 7.99. The second kappa shape index (κ2) is 9.58. The van der Waals surface area contributed by atoms with E-state index in [9.17, 15) is 4.79 Å². The van der Waals surface area contributed by atoms with Crippen LogP contribution in [0.3, 0.4) is 0 Å². The van der Waals surface area contributed by atoms with E-state index >= 15 is 0 Å². The third-order valence-electron chi connectivity index (χ3n) is 5.42. The van der Waals surface area contributed by atoms with Gasteiger partial charge in [0.15, 0.2) is 5.16 Å². The Bertz CT molecular complexity index is 1070. The number of ether oxygens (including phenoxy) is 1. The number of hydrogen-bond acceptors (Lipinski definition) is 5. The molecule has 3 aromatic rings. The number of aryl methyl sites for hydroxylation is 3. The van der Waals surface area contributed by atoms with Crippen molar-refractivity contribution in [3.63, 3.8) is 0 Å². The summed E-state index contributed by atoms with van der Waals surface area (Å²) in [6.07, 6.45) is 3.72. The van der Waals surface area contributed by atoms with E-state index in [1.165, 1.54) is 28.6 Å². The van der Waals surface area contributed by atoms with Gasteiger partial charge in [-0.2, -0.15) is 0 Å². The number of morpholine rings is 1. The zero-order chi connectivity index (χ0) is 21.8. The van der Waals surface area contributed by atoms with E-state index in [2.05, 4.69) is 59.4 Å². The van der Waals surface area contributed by atoms with Gasteiger partial charge in [-0.15, -0.1) is 0 Å². The van der Waals surface area contributed by atoms with Crippen LogP contribution in [0.25, 0.3) is 5.69 Å². The molecule has 2 heterocycles. The van der Waals surface area contributed by atoms with Crippen LogP contribution in [0.1, 0.15) is 16.7 Å². The average Bonchev–Trinajstić information content (AvgIpc) is 3.24. The SMILES string of the molecule is Cc1ccc(C)c(-n2ccnc2SCC(=O)Nc2ccc(N3CCOCC3)cc2C)c1. The Kier molecular flexibility index (Phi) is 6.63. The summed E-state index contributed by atoms with van der Waals surface area (Å²) in [4.78, 5) is 19.4. The van der Waals surface area contributed by atoms with Gasteiger partial charge in [0.2, 0.25) is 5.91 Å². The number of thioether (sulfide) groups is 1. The van der Waals surface area contributed by atoms with E-state index in [0.29, 0.717) is 5.75 Å². The van der Waals surface area contributed by atoms with Gasteiger partial charge >= 0.3 is 0 Å². The summed E-state index contributed by atoms with van der Waals surface area (Å²) in [6, 6.07) is 12.5. The maximum atomic E-state index is 12.6. The molecule has 0 radical (unpaired) electrons. The molecule has 1 amide bonds. The Labute approximate surface area is 187 Å². The minimum Gasteiger partial charge on any atom is -0.378 e. The van der Waals surface area contributed by atoms with E-state index in [1.54, 1.807) is 6.20 Å². The van der Waals surface area contributed by atoms with Crippen LogP contribution in [0, 0.1) is 20.8 Å². The fourth-order valence-electron chi connectivity index (χ4n) is 3.68. The first kappa shape index (κ1) is 21.5. The largest absolute Gasteiger partial charge is 0.378 e. The van der Waals surface area contributed by atoms with Gasteiger partial charge in [-0.25, -0.2) is 4.98 Å². The molecule has 0 atom stereocenters. The summed E-state index contributed by atoms with van der Waals surface area (Å²) in [6.45, 7) is 9.49. The second-order valence-corrected chi connectivity index (χ2v) is 8.75. The number of amides is 1. The van der Waals surface area contributed by atoms with Crippen LogP contribution in [-0.4, -0.2) is 47.5 Å². The van der Waals surface area contributed by atoms with Crippen molar-refractivity contribution in [3.05, 3.63) is 65.5 Å². The minimum atomic E-state index is -0.0391. The van der Waals surface area contributed by atoms with Crippen LogP contribution >= 0.6 is 11.8 Å². The Morgan fingerprint density at radius 2 is 1.90 bits per heavy atom. The molecular weight excluding hydrogens is 408 g/mol. The molecule has 7 heteroatoms. The maximum Gasteiger partial charge on any atom is 0.234 e. The third kappa shape index (κ3) is 5.11. The molecule has 0 unspecified atom stereocenters. The van der Waals surface area contributed by atoms with Crippen molar-refractivity contribution < 1.29 is 9.53 Å². The van der Waals surface area contributed by atoms with Gasteiger partial charge in [0.05, 0.1) is 24.7 Å². The molecule has 0 bridgehead atoms. The number of carbonyl (C=O) groups is 1. The van der Waals surface area contributed by atoms with Crippen molar-refractivity contribution in [2.45, 2.75) is 25.9 Å². The summed E-state index contributed by atoms with van der Waals surface area (Å²) < 4.78 is 7.47. The summed E-state index contributed by atoms with van der Waals surface area (Å²) in [7, 11) is 0. The van der Waals surface area contributed by atoms with E-state index in [0.717, 1.165) is 48.4 Å². The third-order valence-corrected chi connectivity index (χ3v) is 6.39. The molecule has 2 aromatic carbocycles. The summed E-state index contributed by atoms with van der Waals surface area (Å²) in [5.74, 6) is 0.259. The molecular formula is C24H28N4O2S. The van der Waals surface area contributed by atoms with Gasteiger partial charge in [0.25, 0.3) is 0 Å². The number of carbonyl (C=O) groups excluding carboxylic acids is 1. The molecule has 0 saturated carbocycles. The molecule has 0 aliphatic carbocycles. The van der Waals surface area contributed by atoms with Crippen LogP contribution < -0.4 is 10.2 Å². The predicted molar refractivity (Wildman–Crippen MR) is 127 cm³/mol. The molecule has 1 aliphatic heterocycles. The Hall–Kier alpha value is -2.77. The van der Waals surface area contributed by atoms with E-state index in [1.807, 2.05) is 23.8 Å². The molecule has 1 N–H and O–H groups in total. The fraction of sp³-hybridized carbons (Fsp3) is 0.333. The zero-order valence-corrected chi connectivity index (χ0v) is 19.0. The summed E-state index contributed by atoms with van der Waals surface area (Å²) in [5, 5.41) is 3.85. The summed E-state index contributed by atoms with van der Waals surface area (Å²) >= 11 is 1.44. The monoisotopic (exact) mass is 436 g/mol. The molecule has 0 spiro atoms. The molecule has 6 nitrogen and oxygen atoms in total. The first-order valence-electron chi connectivity index (χ1n) is 10.5.